The van der Waals surface area contributed by atoms with E-state index in [0.29, 0.717) is 6.61 Å². The van der Waals surface area contributed by atoms with E-state index < -0.39 is 0 Å². The van der Waals surface area contributed by atoms with E-state index in [1.54, 1.807) is 0 Å². The zero-order valence-corrected chi connectivity index (χ0v) is 13.2. The van der Waals surface area contributed by atoms with Gasteiger partial charge in [-0.3, -0.25) is 4.79 Å². The first kappa shape index (κ1) is 15.4. The molecule has 0 aliphatic rings. The fraction of sp³-hybridized carbons (Fsp3) is 0.471. The van der Waals surface area contributed by atoms with Crippen molar-refractivity contribution in [1.29, 1.82) is 0 Å². The van der Waals surface area contributed by atoms with E-state index in [1.807, 2.05) is 38.4 Å². The highest BCUT2D eigenvalue weighted by atomic mass is 16.5. The summed E-state index contributed by atoms with van der Waals surface area (Å²) in [5.74, 6) is 1.62. The third-order valence-corrected chi connectivity index (χ3v) is 3.92. The van der Waals surface area contributed by atoms with Gasteiger partial charge in [0.15, 0.2) is 0 Å². The van der Waals surface area contributed by atoms with Gasteiger partial charge in [0, 0.05) is 25.9 Å². The SMILES string of the molecule is CC(=O)OCCCC(C)(c1ccc(C)o1)c1cccn1C. The molecule has 0 saturated heterocycles. The lowest BCUT2D eigenvalue weighted by molar-refractivity contribution is -0.141. The molecule has 2 aromatic rings. The highest BCUT2D eigenvalue weighted by molar-refractivity contribution is 5.65. The smallest absolute Gasteiger partial charge is 0.302 e. The number of nitrogens with zero attached hydrogens (tertiary/aromatic N) is 1. The second kappa shape index (κ2) is 6.20. The van der Waals surface area contributed by atoms with Crippen molar-refractivity contribution in [3.05, 3.63) is 47.7 Å². The summed E-state index contributed by atoms with van der Waals surface area (Å²) in [7, 11) is 2.04. The minimum atomic E-state index is -0.232. The Hall–Kier alpha value is -1.97. The molecule has 1 atom stereocenters. The average Bonchev–Trinajstić information content (AvgIpc) is 3.03. The van der Waals surface area contributed by atoms with Gasteiger partial charge in [0.2, 0.25) is 0 Å². The molecule has 0 aliphatic carbocycles. The van der Waals surface area contributed by atoms with Gasteiger partial charge in [0.05, 0.1) is 12.0 Å². The van der Waals surface area contributed by atoms with E-state index >= 15 is 0 Å². The van der Waals surface area contributed by atoms with Gasteiger partial charge in [-0.25, -0.2) is 0 Å². The molecular formula is C17H23NO3. The number of ether oxygens (including phenoxy) is 1. The van der Waals surface area contributed by atoms with Gasteiger partial charge in [0.1, 0.15) is 11.5 Å². The summed E-state index contributed by atoms with van der Waals surface area (Å²) in [5.41, 5.74) is 0.965. The first-order valence-corrected chi connectivity index (χ1v) is 7.25. The minimum absolute atomic E-state index is 0.230. The van der Waals surface area contributed by atoms with Crippen molar-refractivity contribution in [2.75, 3.05) is 6.61 Å². The molecule has 4 nitrogen and oxygen atoms in total. The Bertz CT molecular complexity index is 611. The van der Waals surface area contributed by atoms with Crippen LogP contribution in [0.4, 0.5) is 0 Å². The van der Waals surface area contributed by atoms with Gasteiger partial charge in [-0.15, -0.1) is 0 Å². The number of esters is 1. The first-order chi connectivity index (χ1) is 9.93. The normalized spacial score (nSPS) is 13.9. The van der Waals surface area contributed by atoms with Gasteiger partial charge in [-0.1, -0.05) is 0 Å². The number of hydrogen-bond donors (Lipinski definition) is 0. The molecule has 4 heteroatoms. The Morgan fingerprint density at radius 3 is 2.67 bits per heavy atom. The number of carbonyl (C=O) groups excluding carboxylic acids is 1. The van der Waals surface area contributed by atoms with Crippen LogP contribution in [0.25, 0.3) is 0 Å². The highest BCUT2D eigenvalue weighted by Crippen LogP contribution is 2.37. The third kappa shape index (κ3) is 3.38. The number of rotatable bonds is 6. The Balaban J connectivity index is 2.23. The molecule has 114 valence electrons. The maximum Gasteiger partial charge on any atom is 0.302 e. The molecule has 0 amide bonds. The number of hydrogen-bond acceptors (Lipinski definition) is 3. The Labute approximate surface area is 125 Å². The van der Waals surface area contributed by atoms with Gasteiger partial charge in [0.25, 0.3) is 0 Å². The van der Waals surface area contributed by atoms with Crippen LogP contribution in [0, 0.1) is 6.92 Å². The van der Waals surface area contributed by atoms with Crippen LogP contribution in [0.15, 0.2) is 34.9 Å². The lowest BCUT2D eigenvalue weighted by atomic mass is 9.79. The van der Waals surface area contributed by atoms with E-state index in [2.05, 4.69) is 17.6 Å². The molecule has 2 aromatic heterocycles. The largest absolute Gasteiger partial charge is 0.466 e. The first-order valence-electron chi connectivity index (χ1n) is 7.25. The summed E-state index contributed by atoms with van der Waals surface area (Å²) in [6, 6.07) is 8.18. The van der Waals surface area contributed by atoms with Crippen LogP contribution in [0.3, 0.4) is 0 Å². The summed E-state index contributed by atoms with van der Waals surface area (Å²) in [6.45, 7) is 6.00. The second-order valence-electron chi connectivity index (χ2n) is 5.69. The van der Waals surface area contributed by atoms with Gasteiger partial charge in [-0.2, -0.15) is 0 Å². The Kier molecular flexibility index (Phi) is 4.56. The monoisotopic (exact) mass is 289 g/mol. The van der Waals surface area contributed by atoms with Crippen LogP contribution in [0.5, 0.6) is 0 Å². The molecule has 0 fully saturated rings. The molecule has 0 bridgehead atoms. The lowest BCUT2D eigenvalue weighted by Gasteiger charge is -2.28. The van der Waals surface area contributed by atoms with Gasteiger partial charge in [-0.05, 0) is 51.0 Å². The molecule has 0 spiro atoms. The topological polar surface area (TPSA) is 44.4 Å². The standard InChI is InChI=1S/C17H23NO3/c1-13-8-9-16(21-13)17(3,10-6-12-20-14(2)19)15-7-5-11-18(15)4/h5,7-9,11H,6,10,12H2,1-4H3. The molecule has 0 aromatic carbocycles. The van der Waals surface area contributed by atoms with E-state index in [9.17, 15) is 4.79 Å². The average molecular weight is 289 g/mol. The Morgan fingerprint density at radius 1 is 1.38 bits per heavy atom. The summed E-state index contributed by atoms with van der Waals surface area (Å²) >= 11 is 0. The second-order valence-corrected chi connectivity index (χ2v) is 5.69. The number of carbonyl (C=O) groups is 1. The predicted octanol–water partition coefficient (Wildman–Crippen LogP) is 3.58. The van der Waals surface area contributed by atoms with Crippen molar-refractivity contribution < 1.29 is 13.9 Å². The van der Waals surface area contributed by atoms with Crippen LogP contribution in [-0.2, 0) is 22.0 Å². The van der Waals surface area contributed by atoms with Crippen LogP contribution < -0.4 is 0 Å². The fourth-order valence-corrected chi connectivity index (χ4v) is 2.78. The minimum Gasteiger partial charge on any atom is -0.466 e. The Morgan fingerprint density at radius 2 is 2.14 bits per heavy atom. The fourth-order valence-electron chi connectivity index (χ4n) is 2.78. The van der Waals surface area contributed by atoms with Gasteiger partial charge < -0.3 is 13.7 Å². The zero-order valence-electron chi connectivity index (χ0n) is 13.2. The molecular weight excluding hydrogens is 266 g/mol. The summed E-state index contributed by atoms with van der Waals surface area (Å²) in [6.07, 6.45) is 3.68. The number of aryl methyl sites for hydroxylation is 2. The van der Waals surface area contributed by atoms with Crippen LogP contribution in [0.1, 0.15) is 43.9 Å². The van der Waals surface area contributed by atoms with Crippen LogP contribution >= 0.6 is 0 Å². The molecule has 1 unspecified atom stereocenters. The van der Waals surface area contributed by atoms with E-state index in [1.165, 1.54) is 12.6 Å². The van der Waals surface area contributed by atoms with Crippen LogP contribution in [-0.4, -0.2) is 17.1 Å². The summed E-state index contributed by atoms with van der Waals surface area (Å²) in [4.78, 5) is 10.9. The van der Waals surface area contributed by atoms with E-state index in [4.69, 9.17) is 9.15 Å². The lowest BCUT2D eigenvalue weighted by Crippen LogP contribution is -2.26. The van der Waals surface area contributed by atoms with Gasteiger partial charge >= 0.3 is 5.97 Å². The predicted molar refractivity (Wildman–Crippen MR) is 81.2 cm³/mol. The maximum absolute atomic E-state index is 10.9. The molecule has 2 heterocycles. The molecule has 0 radical (unpaired) electrons. The van der Waals surface area contributed by atoms with Crippen LogP contribution in [0.2, 0.25) is 0 Å². The van der Waals surface area contributed by atoms with Crippen molar-refractivity contribution in [2.45, 2.75) is 39.0 Å². The molecule has 0 N–H and O–H groups in total. The summed E-state index contributed by atoms with van der Waals surface area (Å²) < 4.78 is 13.0. The number of aromatic nitrogens is 1. The molecule has 2 rings (SSSR count). The van der Waals surface area contributed by atoms with Crippen molar-refractivity contribution in [3.8, 4) is 0 Å². The van der Waals surface area contributed by atoms with Crippen molar-refractivity contribution in [3.63, 3.8) is 0 Å². The zero-order chi connectivity index (χ0) is 15.5. The maximum atomic E-state index is 10.9. The van der Waals surface area contributed by atoms with E-state index in [-0.39, 0.29) is 11.4 Å². The van der Waals surface area contributed by atoms with Crippen molar-refractivity contribution >= 4 is 5.97 Å². The molecule has 21 heavy (non-hydrogen) atoms. The highest BCUT2D eigenvalue weighted by Gasteiger charge is 2.33. The quantitative estimate of drug-likeness (QED) is 0.603. The third-order valence-electron chi connectivity index (χ3n) is 3.92. The van der Waals surface area contributed by atoms with E-state index in [0.717, 1.165) is 24.4 Å². The summed E-state index contributed by atoms with van der Waals surface area (Å²) in [5, 5.41) is 0. The molecule has 0 aliphatic heterocycles. The van der Waals surface area contributed by atoms with Crippen molar-refractivity contribution in [2.24, 2.45) is 7.05 Å². The molecule has 0 saturated carbocycles. The number of furan rings is 1. The van der Waals surface area contributed by atoms with Crippen molar-refractivity contribution in [1.82, 2.24) is 4.57 Å².